The van der Waals surface area contributed by atoms with Crippen LogP contribution in [-0.4, -0.2) is 44.9 Å². The first-order valence-corrected chi connectivity index (χ1v) is 8.08. The molecule has 2 atom stereocenters. The minimum atomic E-state index is -3.29. The zero-order valence-corrected chi connectivity index (χ0v) is 11.8. The average molecular weight is 286 g/mol. The summed E-state index contributed by atoms with van der Waals surface area (Å²) < 4.78 is 34.4. The summed E-state index contributed by atoms with van der Waals surface area (Å²) in [6.45, 7) is 1.93. The van der Waals surface area contributed by atoms with Crippen molar-refractivity contribution in [2.75, 3.05) is 25.2 Å². The lowest BCUT2D eigenvalue weighted by atomic mass is 10.1. The Morgan fingerprint density at radius 1 is 1.37 bits per heavy atom. The van der Waals surface area contributed by atoms with E-state index in [4.69, 9.17) is 14.6 Å². The second-order valence-electron chi connectivity index (χ2n) is 4.92. The maximum absolute atomic E-state index is 11.6. The second-order valence-corrected chi connectivity index (χ2v) is 7.06. The van der Waals surface area contributed by atoms with Crippen molar-refractivity contribution in [2.45, 2.75) is 18.8 Å². The van der Waals surface area contributed by atoms with Crippen LogP contribution in [0.5, 0.6) is 0 Å². The molecule has 106 valence electrons. The monoisotopic (exact) mass is 286 g/mol. The fraction of sp³-hybridized carbons (Fsp3) is 0.538. The topological polar surface area (TPSA) is 72.8 Å². The van der Waals surface area contributed by atoms with Gasteiger partial charge in [-0.25, -0.2) is 8.42 Å². The van der Waals surface area contributed by atoms with E-state index in [1.807, 2.05) is 19.1 Å². The van der Waals surface area contributed by atoms with Crippen molar-refractivity contribution < 1.29 is 23.0 Å². The highest BCUT2D eigenvalue weighted by atomic mass is 32.2. The number of benzene rings is 1. The number of rotatable bonds is 4. The lowest BCUT2D eigenvalue weighted by Gasteiger charge is -2.27. The largest absolute Gasteiger partial charge is 0.394 e. The molecule has 5 nitrogen and oxygen atoms in total. The smallest absolute Gasteiger partial charge is 0.209 e. The number of aliphatic hydroxyl groups is 1. The third-order valence-electron chi connectivity index (χ3n) is 3.01. The highest BCUT2D eigenvalue weighted by molar-refractivity contribution is 7.90. The van der Waals surface area contributed by atoms with Gasteiger partial charge in [-0.2, -0.15) is 0 Å². The fourth-order valence-corrected chi connectivity index (χ4v) is 3.13. The molecule has 0 bridgehead atoms. The van der Waals surface area contributed by atoms with Crippen LogP contribution in [0.1, 0.15) is 11.1 Å². The van der Waals surface area contributed by atoms with E-state index in [-0.39, 0.29) is 19.0 Å². The summed E-state index contributed by atoms with van der Waals surface area (Å²) >= 11 is 0. The Morgan fingerprint density at radius 2 is 2.00 bits per heavy atom. The lowest BCUT2D eigenvalue weighted by Crippen LogP contribution is -2.36. The van der Waals surface area contributed by atoms with Gasteiger partial charge >= 0.3 is 0 Å². The van der Waals surface area contributed by atoms with Crippen LogP contribution in [0.15, 0.2) is 24.3 Å². The van der Waals surface area contributed by atoms with Gasteiger partial charge in [0.05, 0.1) is 13.2 Å². The molecule has 0 saturated carbocycles. The molecule has 0 radical (unpaired) electrons. The molecule has 1 aromatic carbocycles. The molecular weight excluding hydrogens is 268 g/mol. The molecule has 1 fully saturated rings. The number of sulfone groups is 1. The van der Waals surface area contributed by atoms with Crippen LogP contribution in [0.2, 0.25) is 0 Å². The Balaban J connectivity index is 2.37. The van der Waals surface area contributed by atoms with E-state index in [0.29, 0.717) is 5.56 Å². The van der Waals surface area contributed by atoms with Gasteiger partial charge in [-0.3, -0.25) is 0 Å². The molecule has 2 rings (SSSR count). The van der Waals surface area contributed by atoms with Gasteiger partial charge in [-0.15, -0.1) is 0 Å². The molecule has 1 N–H and O–H groups in total. The Hall–Kier alpha value is -0.950. The van der Waals surface area contributed by atoms with Crippen LogP contribution in [-0.2, 0) is 25.1 Å². The Morgan fingerprint density at radius 3 is 2.47 bits per heavy atom. The van der Waals surface area contributed by atoms with Crippen molar-refractivity contribution in [2.24, 2.45) is 0 Å². The van der Waals surface area contributed by atoms with Crippen molar-refractivity contribution in [3.8, 4) is 0 Å². The van der Waals surface area contributed by atoms with E-state index >= 15 is 0 Å². The van der Waals surface area contributed by atoms with Gasteiger partial charge in [-0.1, -0.05) is 29.8 Å². The molecule has 1 saturated heterocycles. The van der Waals surface area contributed by atoms with Crippen molar-refractivity contribution in [1.29, 1.82) is 0 Å². The van der Waals surface area contributed by atoms with Gasteiger partial charge in [0.15, 0.2) is 9.84 Å². The average Bonchev–Trinajstić information content (AvgIpc) is 2.72. The molecule has 6 heteroatoms. The maximum atomic E-state index is 11.6. The first-order valence-electron chi connectivity index (χ1n) is 6.02. The Kier molecular flexibility index (Phi) is 3.96. The molecule has 19 heavy (non-hydrogen) atoms. The number of aliphatic hydroxyl groups excluding tert-OH is 1. The highest BCUT2D eigenvalue weighted by Crippen LogP contribution is 2.35. The summed E-state index contributed by atoms with van der Waals surface area (Å²) in [7, 11) is -3.29. The summed E-state index contributed by atoms with van der Waals surface area (Å²) in [5, 5.41) is 9.13. The zero-order valence-electron chi connectivity index (χ0n) is 11.0. The van der Waals surface area contributed by atoms with Crippen LogP contribution in [0.4, 0.5) is 0 Å². The van der Waals surface area contributed by atoms with Crippen molar-refractivity contribution >= 4 is 9.84 Å². The predicted molar refractivity (Wildman–Crippen MR) is 70.5 cm³/mol. The van der Waals surface area contributed by atoms with Crippen LogP contribution >= 0.6 is 0 Å². The van der Waals surface area contributed by atoms with Crippen LogP contribution < -0.4 is 0 Å². The van der Waals surface area contributed by atoms with E-state index in [0.717, 1.165) is 11.8 Å². The molecule has 1 heterocycles. The van der Waals surface area contributed by atoms with Crippen molar-refractivity contribution in [3.63, 3.8) is 0 Å². The maximum Gasteiger partial charge on any atom is 0.209 e. The van der Waals surface area contributed by atoms with E-state index in [2.05, 4.69) is 0 Å². The molecule has 0 aromatic heterocycles. The normalized spacial score (nSPS) is 27.6. The predicted octanol–water partition coefficient (Wildman–Crippen LogP) is 0.600. The van der Waals surface area contributed by atoms with Crippen molar-refractivity contribution in [1.82, 2.24) is 0 Å². The summed E-state index contributed by atoms with van der Waals surface area (Å²) in [4.78, 5) is 0. The molecule has 0 amide bonds. The van der Waals surface area contributed by atoms with E-state index in [9.17, 15) is 8.42 Å². The first kappa shape index (κ1) is 14.5. The van der Waals surface area contributed by atoms with Gasteiger partial charge in [0.25, 0.3) is 0 Å². The third-order valence-corrected chi connectivity index (χ3v) is 3.91. The molecular formula is C13H18O5S. The van der Waals surface area contributed by atoms with Gasteiger partial charge in [0.1, 0.15) is 11.9 Å². The van der Waals surface area contributed by atoms with Gasteiger partial charge < -0.3 is 14.6 Å². The van der Waals surface area contributed by atoms with Crippen LogP contribution in [0, 0.1) is 6.92 Å². The Bertz CT molecular complexity index is 537. The van der Waals surface area contributed by atoms with Gasteiger partial charge in [0.2, 0.25) is 5.79 Å². The van der Waals surface area contributed by atoms with Gasteiger partial charge in [0, 0.05) is 11.8 Å². The van der Waals surface area contributed by atoms with E-state index in [1.54, 1.807) is 12.1 Å². The number of ether oxygens (including phenoxy) is 2. The third kappa shape index (κ3) is 3.33. The summed E-state index contributed by atoms with van der Waals surface area (Å²) in [6.07, 6.45) is 0.644. The fourth-order valence-electron chi connectivity index (χ4n) is 2.12. The number of hydrogen-bond donors (Lipinski definition) is 1. The van der Waals surface area contributed by atoms with Crippen LogP contribution in [0.3, 0.4) is 0 Å². The quantitative estimate of drug-likeness (QED) is 0.877. The first-order chi connectivity index (χ1) is 8.85. The summed E-state index contributed by atoms with van der Waals surface area (Å²) in [5.41, 5.74) is 1.72. The zero-order chi connectivity index (χ0) is 14.1. The standard InChI is InChI=1S/C13H18O5S/c1-10-3-5-11(6-4-10)13(9-19(2,15)16)17-8-12(7-14)18-13/h3-6,12,14H,7-9H2,1-2H3/t12-,13+/m0/s1. The van der Waals surface area contributed by atoms with Crippen molar-refractivity contribution in [3.05, 3.63) is 35.4 Å². The second kappa shape index (κ2) is 5.20. The van der Waals surface area contributed by atoms with E-state index < -0.39 is 21.7 Å². The van der Waals surface area contributed by atoms with Crippen LogP contribution in [0.25, 0.3) is 0 Å². The Labute approximate surface area is 113 Å². The SMILES string of the molecule is Cc1ccc([C@]2(CS(C)(=O)=O)OC[C@H](CO)O2)cc1. The lowest BCUT2D eigenvalue weighted by molar-refractivity contribution is -0.162. The number of hydrogen-bond acceptors (Lipinski definition) is 5. The summed E-state index contributed by atoms with van der Waals surface area (Å²) in [6, 6.07) is 7.33. The number of aryl methyl sites for hydroxylation is 1. The minimum Gasteiger partial charge on any atom is -0.394 e. The molecule has 0 unspecified atom stereocenters. The van der Waals surface area contributed by atoms with E-state index in [1.165, 1.54) is 0 Å². The molecule has 1 aliphatic heterocycles. The molecule has 0 aliphatic carbocycles. The molecule has 1 aliphatic rings. The molecule has 1 aromatic rings. The van der Waals surface area contributed by atoms with Gasteiger partial charge in [-0.05, 0) is 6.92 Å². The molecule has 0 spiro atoms. The summed E-state index contributed by atoms with van der Waals surface area (Å²) in [5.74, 6) is -1.58. The minimum absolute atomic E-state index is 0.180. The highest BCUT2D eigenvalue weighted by Gasteiger charge is 2.45.